The van der Waals surface area contributed by atoms with Gasteiger partial charge >= 0.3 is 0 Å². The number of hydrogen-bond acceptors (Lipinski definition) is 3. The van der Waals surface area contributed by atoms with Crippen molar-refractivity contribution in [3.05, 3.63) is 58.3 Å². The smallest absolute Gasteiger partial charge is 0.0492 e. The van der Waals surface area contributed by atoms with E-state index in [0.717, 1.165) is 11.1 Å². The van der Waals surface area contributed by atoms with Gasteiger partial charge in [0.2, 0.25) is 0 Å². The van der Waals surface area contributed by atoms with Gasteiger partial charge in [0.1, 0.15) is 0 Å². The molecule has 3 heteroatoms. The summed E-state index contributed by atoms with van der Waals surface area (Å²) in [7, 11) is 0. The molecule has 82 valence electrons. The lowest BCUT2D eigenvalue weighted by atomic mass is 9.93. The first-order chi connectivity index (χ1) is 7.77. The fraction of sp³-hybridized carbons (Fsp3) is 0.154. The summed E-state index contributed by atoms with van der Waals surface area (Å²) >= 11 is 1.58. The summed E-state index contributed by atoms with van der Waals surface area (Å²) in [6, 6.07) is 11.2. The Labute approximate surface area is 98.2 Å². The molecule has 1 heterocycles. The minimum absolute atomic E-state index is 0.496. The van der Waals surface area contributed by atoms with E-state index in [1.165, 1.54) is 0 Å². The molecule has 1 aromatic heterocycles. The molecule has 0 unspecified atom stereocenters. The van der Waals surface area contributed by atoms with Crippen molar-refractivity contribution in [1.82, 2.24) is 0 Å². The lowest BCUT2D eigenvalue weighted by Gasteiger charge is -2.17. The fourth-order valence-electron chi connectivity index (χ4n) is 1.67. The molecule has 0 bridgehead atoms. The van der Waals surface area contributed by atoms with E-state index in [1.54, 1.807) is 11.3 Å². The van der Waals surface area contributed by atoms with Crippen molar-refractivity contribution in [1.29, 1.82) is 0 Å². The van der Waals surface area contributed by atoms with Crippen LogP contribution in [0.5, 0.6) is 0 Å². The standard InChI is InChI=1S/C13H12O2S/c14-13(15)12(8-10-6-7-16-9-10)11-4-2-1-3-5-11/h1-7,9,12H,8H2,(H,14,15)/p-1/t12-/m1/s1. The van der Waals surface area contributed by atoms with Crippen molar-refractivity contribution in [2.45, 2.75) is 12.3 Å². The molecule has 0 saturated heterocycles. The van der Waals surface area contributed by atoms with E-state index < -0.39 is 11.9 Å². The van der Waals surface area contributed by atoms with Gasteiger partial charge in [0.05, 0.1) is 0 Å². The molecule has 0 amide bonds. The molecule has 1 atom stereocenters. The maximum absolute atomic E-state index is 11.1. The van der Waals surface area contributed by atoms with Crippen molar-refractivity contribution >= 4 is 17.3 Å². The molecule has 0 aliphatic rings. The number of aliphatic carboxylic acids is 1. The first kappa shape index (κ1) is 10.9. The summed E-state index contributed by atoms with van der Waals surface area (Å²) in [5, 5.41) is 15.0. The van der Waals surface area contributed by atoms with Crippen LogP contribution < -0.4 is 5.11 Å². The Hall–Kier alpha value is -1.61. The quantitative estimate of drug-likeness (QED) is 0.805. The maximum atomic E-state index is 11.1. The Kier molecular flexibility index (Phi) is 3.37. The van der Waals surface area contributed by atoms with E-state index in [-0.39, 0.29) is 0 Å². The van der Waals surface area contributed by atoms with Crippen molar-refractivity contribution in [3.8, 4) is 0 Å². The Morgan fingerprint density at radius 1 is 1.25 bits per heavy atom. The van der Waals surface area contributed by atoms with E-state index >= 15 is 0 Å². The molecule has 0 spiro atoms. The largest absolute Gasteiger partial charge is 0.549 e. The molecule has 0 radical (unpaired) electrons. The van der Waals surface area contributed by atoms with Crippen LogP contribution in [-0.4, -0.2) is 5.97 Å². The Bertz CT molecular complexity index is 448. The summed E-state index contributed by atoms with van der Waals surface area (Å²) in [4.78, 5) is 11.1. The average molecular weight is 231 g/mol. The summed E-state index contributed by atoms with van der Waals surface area (Å²) < 4.78 is 0. The minimum atomic E-state index is -1.02. The van der Waals surface area contributed by atoms with E-state index in [4.69, 9.17) is 0 Å². The summed E-state index contributed by atoms with van der Waals surface area (Å²) in [5.74, 6) is -1.58. The number of carboxylic acids is 1. The third-order valence-corrected chi connectivity index (χ3v) is 3.24. The van der Waals surface area contributed by atoms with Gasteiger partial charge in [-0.15, -0.1) is 0 Å². The second kappa shape index (κ2) is 4.94. The molecule has 0 fully saturated rings. The normalized spacial score (nSPS) is 12.2. The van der Waals surface area contributed by atoms with Gasteiger partial charge in [-0.3, -0.25) is 0 Å². The molecular weight excluding hydrogens is 220 g/mol. The molecular formula is C13H11O2S-. The maximum Gasteiger partial charge on any atom is 0.0492 e. The first-order valence-electron chi connectivity index (χ1n) is 5.04. The van der Waals surface area contributed by atoms with Gasteiger partial charge < -0.3 is 9.90 Å². The van der Waals surface area contributed by atoms with Gasteiger partial charge in [0.25, 0.3) is 0 Å². The molecule has 0 aliphatic carbocycles. The zero-order valence-electron chi connectivity index (χ0n) is 8.63. The predicted molar refractivity (Wildman–Crippen MR) is 62.2 cm³/mol. The number of carbonyl (C=O) groups excluding carboxylic acids is 1. The highest BCUT2D eigenvalue weighted by atomic mass is 32.1. The van der Waals surface area contributed by atoms with Crippen LogP contribution in [0.15, 0.2) is 47.2 Å². The van der Waals surface area contributed by atoms with Gasteiger partial charge in [-0.25, -0.2) is 0 Å². The highest BCUT2D eigenvalue weighted by Crippen LogP contribution is 2.21. The lowest BCUT2D eigenvalue weighted by molar-refractivity contribution is -0.308. The van der Waals surface area contributed by atoms with E-state index in [1.807, 2.05) is 47.2 Å². The summed E-state index contributed by atoms with van der Waals surface area (Å²) in [5.41, 5.74) is 1.84. The molecule has 2 rings (SSSR count). The van der Waals surface area contributed by atoms with Crippen LogP contribution in [0.4, 0.5) is 0 Å². The zero-order valence-corrected chi connectivity index (χ0v) is 9.44. The summed E-state index contributed by atoms with van der Waals surface area (Å²) in [6.07, 6.45) is 0.496. The van der Waals surface area contributed by atoms with Crippen molar-refractivity contribution in [2.24, 2.45) is 0 Å². The highest BCUT2D eigenvalue weighted by Gasteiger charge is 2.13. The van der Waals surface area contributed by atoms with Crippen LogP contribution in [0.25, 0.3) is 0 Å². The topological polar surface area (TPSA) is 40.1 Å². The van der Waals surface area contributed by atoms with Crippen LogP contribution >= 0.6 is 11.3 Å². The molecule has 2 nitrogen and oxygen atoms in total. The predicted octanol–water partition coefficient (Wildman–Crippen LogP) is 1.82. The van der Waals surface area contributed by atoms with Crippen LogP contribution in [-0.2, 0) is 11.2 Å². The molecule has 0 aliphatic heterocycles. The first-order valence-corrected chi connectivity index (χ1v) is 5.98. The van der Waals surface area contributed by atoms with Crippen molar-refractivity contribution < 1.29 is 9.90 Å². The lowest BCUT2D eigenvalue weighted by Crippen LogP contribution is -2.30. The van der Waals surface area contributed by atoms with E-state index in [2.05, 4.69) is 0 Å². The Morgan fingerprint density at radius 3 is 2.56 bits per heavy atom. The number of benzene rings is 1. The van der Waals surface area contributed by atoms with E-state index in [9.17, 15) is 9.90 Å². The average Bonchev–Trinajstić information content (AvgIpc) is 2.79. The van der Waals surface area contributed by atoms with Crippen molar-refractivity contribution in [3.63, 3.8) is 0 Å². The number of carbonyl (C=O) groups is 1. The molecule has 2 aromatic rings. The van der Waals surface area contributed by atoms with Gasteiger partial charge in [-0.2, -0.15) is 11.3 Å². The molecule has 1 aromatic carbocycles. The zero-order chi connectivity index (χ0) is 11.4. The Morgan fingerprint density at radius 2 is 2.00 bits per heavy atom. The molecule has 0 saturated carbocycles. The fourth-order valence-corrected chi connectivity index (χ4v) is 2.35. The van der Waals surface area contributed by atoms with Gasteiger partial charge in [0, 0.05) is 11.9 Å². The van der Waals surface area contributed by atoms with Gasteiger partial charge in [-0.05, 0) is 34.4 Å². The van der Waals surface area contributed by atoms with Crippen LogP contribution in [0.2, 0.25) is 0 Å². The third-order valence-electron chi connectivity index (χ3n) is 2.51. The number of thiophene rings is 1. The third kappa shape index (κ3) is 2.49. The van der Waals surface area contributed by atoms with E-state index in [0.29, 0.717) is 6.42 Å². The monoisotopic (exact) mass is 231 g/mol. The van der Waals surface area contributed by atoms with Crippen LogP contribution in [0.1, 0.15) is 17.0 Å². The minimum Gasteiger partial charge on any atom is -0.549 e. The Balaban J connectivity index is 2.22. The summed E-state index contributed by atoms with van der Waals surface area (Å²) in [6.45, 7) is 0. The number of carboxylic acid groups (broad SMARTS) is 1. The second-order valence-electron chi connectivity index (χ2n) is 3.62. The van der Waals surface area contributed by atoms with Crippen LogP contribution in [0.3, 0.4) is 0 Å². The van der Waals surface area contributed by atoms with Crippen molar-refractivity contribution in [2.75, 3.05) is 0 Å². The molecule has 0 N–H and O–H groups in total. The van der Waals surface area contributed by atoms with Gasteiger partial charge in [0.15, 0.2) is 0 Å². The second-order valence-corrected chi connectivity index (χ2v) is 4.40. The number of rotatable bonds is 4. The van der Waals surface area contributed by atoms with Gasteiger partial charge in [-0.1, -0.05) is 30.3 Å². The SMILES string of the molecule is O=C([O-])[C@H](Cc1ccsc1)c1ccccc1. The highest BCUT2D eigenvalue weighted by molar-refractivity contribution is 7.07. The molecule has 16 heavy (non-hydrogen) atoms. The number of hydrogen-bond donors (Lipinski definition) is 0. The van der Waals surface area contributed by atoms with Crippen LogP contribution in [0, 0.1) is 0 Å².